The second-order valence-corrected chi connectivity index (χ2v) is 5.57. The predicted octanol–water partition coefficient (Wildman–Crippen LogP) is 3.93. The van der Waals surface area contributed by atoms with Gasteiger partial charge >= 0.3 is 12.2 Å². The average Bonchev–Trinajstić information content (AvgIpc) is 2.51. The standard InChI is InChI=1S/C18H32N2O4/c1-5-12-18(13-6-2,20-17(22)24-8-4)14-10-9-11-15-19-16(21)23-7-3/h5-6H,1-2,7-15H2,3-4H3,(H,19,21)(H,20,22). The van der Waals surface area contributed by atoms with Gasteiger partial charge in [0.25, 0.3) is 0 Å². The van der Waals surface area contributed by atoms with Crippen molar-refractivity contribution in [2.45, 2.75) is 57.9 Å². The number of unbranched alkanes of at least 4 members (excludes halogenated alkanes) is 2. The molecule has 6 heteroatoms. The predicted molar refractivity (Wildman–Crippen MR) is 96.0 cm³/mol. The lowest BCUT2D eigenvalue weighted by atomic mass is 9.85. The summed E-state index contributed by atoms with van der Waals surface area (Å²) in [5.74, 6) is 0. The Hall–Kier alpha value is -1.98. The fourth-order valence-corrected chi connectivity index (χ4v) is 2.53. The Morgan fingerprint density at radius 3 is 2.08 bits per heavy atom. The van der Waals surface area contributed by atoms with Crippen LogP contribution in [0.1, 0.15) is 52.4 Å². The van der Waals surface area contributed by atoms with Gasteiger partial charge in [-0.3, -0.25) is 0 Å². The number of hydrogen-bond donors (Lipinski definition) is 2. The maximum absolute atomic E-state index is 11.8. The lowest BCUT2D eigenvalue weighted by Gasteiger charge is -2.33. The Kier molecular flexibility index (Phi) is 12.3. The molecule has 2 N–H and O–H groups in total. The number of ether oxygens (including phenoxy) is 2. The van der Waals surface area contributed by atoms with Gasteiger partial charge in [0.2, 0.25) is 0 Å². The number of amides is 2. The van der Waals surface area contributed by atoms with Crippen LogP contribution in [-0.2, 0) is 9.47 Å². The van der Waals surface area contributed by atoms with E-state index in [4.69, 9.17) is 9.47 Å². The van der Waals surface area contributed by atoms with E-state index >= 15 is 0 Å². The Labute approximate surface area is 145 Å². The van der Waals surface area contributed by atoms with Crippen molar-refractivity contribution in [3.63, 3.8) is 0 Å². The fourth-order valence-electron chi connectivity index (χ4n) is 2.53. The monoisotopic (exact) mass is 340 g/mol. The van der Waals surface area contributed by atoms with Gasteiger partial charge in [0.15, 0.2) is 0 Å². The molecule has 0 radical (unpaired) electrons. The minimum absolute atomic E-state index is 0.337. The summed E-state index contributed by atoms with van der Waals surface area (Å²) in [7, 11) is 0. The number of rotatable bonds is 13. The summed E-state index contributed by atoms with van der Waals surface area (Å²) in [6.07, 6.45) is 7.62. The molecule has 0 aliphatic carbocycles. The molecule has 0 aliphatic rings. The number of carbonyl (C=O) groups is 2. The Bertz CT molecular complexity index is 386. The lowest BCUT2D eigenvalue weighted by molar-refractivity contribution is 0.135. The van der Waals surface area contributed by atoms with Gasteiger partial charge in [-0.05, 0) is 39.5 Å². The van der Waals surface area contributed by atoms with Crippen LogP contribution in [0.4, 0.5) is 9.59 Å². The first-order valence-corrected chi connectivity index (χ1v) is 8.61. The molecular formula is C18H32N2O4. The highest BCUT2D eigenvalue weighted by atomic mass is 16.6. The zero-order chi connectivity index (χ0) is 18.3. The fraction of sp³-hybridized carbons (Fsp3) is 0.667. The molecule has 0 atom stereocenters. The largest absolute Gasteiger partial charge is 0.450 e. The third kappa shape index (κ3) is 9.92. The summed E-state index contributed by atoms with van der Waals surface area (Å²) in [6, 6.07) is 0. The Morgan fingerprint density at radius 2 is 1.54 bits per heavy atom. The first-order chi connectivity index (χ1) is 11.5. The van der Waals surface area contributed by atoms with Crippen molar-refractivity contribution < 1.29 is 19.1 Å². The summed E-state index contributed by atoms with van der Waals surface area (Å²) in [5, 5.41) is 5.66. The molecule has 0 spiro atoms. The van der Waals surface area contributed by atoms with E-state index in [-0.39, 0.29) is 6.09 Å². The molecule has 0 fully saturated rings. The zero-order valence-electron chi connectivity index (χ0n) is 15.1. The van der Waals surface area contributed by atoms with Crippen molar-refractivity contribution in [3.8, 4) is 0 Å². The summed E-state index contributed by atoms with van der Waals surface area (Å²) in [4.78, 5) is 23.0. The first kappa shape index (κ1) is 22.0. The van der Waals surface area contributed by atoms with Crippen LogP contribution < -0.4 is 10.6 Å². The number of nitrogens with one attached hydrogen (secondary N) is 2. The minimum atomic E-state index is -0.412. The quantitative estimate of drug-likeness (QED) is 0.393. The molecule has 0 unspecified atom stereocenters. The highest BCUT2D eigenvalue weighted by Gasteiger charge is 2.29. The number of hydrogen-bond acceptors (Lipinski definition) is 4. The van der Waals surface area contributed by atoms with Gasteiger partial charge < -0.3 is 20.1 Å². The molecule has 0 saturated carbocycles. The molecule has 2 amide bonds. The van der Waals surface area contributed by atoms with Gasteiger partial charge in [0.1, 0.15) is 0 Å². The normalized spacial score (nSPS) is 10.6. The van der Waals surface area contributed by atoms with Crippen LogP contribution in [0.2, 0.25) is 0 Å². The van der Waals surface area contributed by atoms with E-state index in [2.05, 4.69) is 23.8 Å². The molecule has 0 rings (SSSR count). The molecule has 6 nitrogen and oxygen atoms in total. The smallest absolute Gasteiger partial charge is 0.407 e. The first-order valence-electron chi connectivity index (χ1n) is 8.61. The van der Waals surface area contributed by atoms with E-state index in [1.54, 1.807) is 26.0 Å². The van der Waals surface area contributed by atoms with Gasteiger partial charge in [-0.15, -0.1) is 13.2 Å². The summed E-state index contributed by atoms with van der Waals surface area (Å²) in [6.45, 7) is 12.4. The Balaban J connectivity index is 4.34. The third-order valence-corrected chi connectivity index (χ3v) is 3.59. The molecule has 0 aromatic heterocycles. The third-order valence-electron chi connectivity index (χ3n) is 3.59. The van der Waals surface area contributed by atoms with Crippen molar-refractivity contribution in [2.24, 2.45) is 0 Å². The maximum Gasteiger partial charge on any atom is 0.407 e. The Morgan fingerprint density at radius 1 is 0.958 bits per heavy atom. The van der Waals surface area contributed by atoms with Gasteiger partial charge in [-0.1, -0.05) is 25.0 Å². The van der Waals surface area contributed by atoms with Crippen LogP contribution in [0.5, 0.6) is 0 Å². The molecule has 0 aromatic rings. The van der Waals surface area contributed by atoms with E-state index in [9.17, 15) is 9.59 Å². The van der Waals surface area contributed by atoms with Gasteiger partial charge in [-0.25, -0.2) is 9.59 Å². The minimum Gasteiger partial charge on any atom is -0.450 e. The zero-order valence-corrected chi connectivity index (χ0v) is 15.1. The van der Waals surface area contributed by atoms with Crippen LogP contribution in [0.25, 0.3) is 0 Å². The topological polar surface area (TPSA) is 76.7 Å². The number of carbonyl (C=O) groups excluding carboxylic acids is 2. The SMILES string of the molecule is C=CCC(CC=C)(CCCCCNC(=O)OCC)NC(=O)OCC. The molecule has 0 saturated heterocycles. The van der Waals surface area contributed by atoms with Crippen molar-refractivity contribution >= 4 is 12.2 Å². The van der Waals surface area contributed by atoms with Crippen molar-refractivity contribution in [3.05, 3.63) is 25.3 Å². The second kappa shape index (κ2) is 13.5. The van der Waals surface area contributed by atoms with E-state index in [0.717, 1.165) is 25.7 Å². The van der Waals surface area contributed by atoms with Crippen molar-refractivity contribution in [2.75, 3.05) is 19.8 Å². The van der Waals surface area contributed by atoms with Crippen LogP contribution in [0, 0.1) is 0 Å². The molecule has 0 aromatic carbocycles. The van der Waals surface area contributed by atoms with Gasteiger partial charge in [-0.2, -0.15) is 0 Å². The van der Waals surface area contributed by atoms with Gasteiger partial charge in [0, 0.05) is 6.54 Å². The van der Waals surface area contributed by atoms with Crippen molar-refractivity contribution in [1.82, 2.24) is 10.6 Å². The van der Waals surface area contributed by atoms with E-state index in [0.29, 0.717) is 32.6 Å². The highest BCUT2D eigenvalue weighted by Crippen LogP contribution is 2.24. The van der Waals surface area contributed by atoms with E-state index in [1.807, 2.05) is 0 Å². The van der Waals surface area contributed by atoms with Crippen LogP contribution >= 0.6 is 0 Å². The maximum atomic E-state index is 11.8. The molecular weight excluding hydrogens is 308 g/mol. The molecule has 0 aliphatic heterocycles. The average molecular weight is 340 g/mol. The molecule has 138 valence electrons. The van der Waals surface area contributed by atoms with Gasteiger partial charge in [0.05, 0.1) is 18.8 Å². The lowest BCUT2D eigenvalue weighted by Crippen LogP contribution is -2.48. The molecule has 0 heterocycles. The number of alkyl carbamates (subject to hydrolysis) is 2. The highest BCUT2D eigenvalue weighted by molar-refractivity contribution is 5.68. The van der Waals surface area contributed by atoms with Crippen LogP contribution in [-0.4, -0.2) is 37.5 Å². The second-order valence-electron chi connectivity index (χ2n) is 5.57. The van der Waals surface area contributed by atoms with Crippen LogP contribution in [0.15, 0.2) is 25.3 Å². The van der Waals surface area contributed by atoms with Crippen molar-refractivity contribution in [1.29, 1.82) is 0 Å². The summed E-state index contributed by atoms with van der Waals surface area (Å²) in [5.41, 5.74) is -0.412. The van der Waals surface area contributed by atoms with E-state index < -0.39 is 11.6 Å². The molecule has 0 bridgehead atoms. The summed E-state index contributed by atoms with van der Waals surface area (Å²) < 4.78 is 9.80. The van der Waals surface area contributed by atoms with Crippen LogP contribution in [0.3, 0.4) is 0 Å². The summed E-state index contributed by atoms with van der Waals surface area (Å²) >= 11 is 0. The molecule has 24 heavy (non-hydrogen) atoms. The van der Waals surface area contributed by atoms with E-state index in [1.165, 1.54) is 0 Å².